The van der Waals surface area contributed by atoms with Crippen molar-refractivity contribution in [3.05, 3.63) is 64.9 Å². The minimum Gasteiger partial charge on any atom is -0.495 e. The van der Waals surface area contributed by atoms with Gasteiger partial charge in [-0.3, -0.25) is 9.59 Å². The highest BCUT2D eigenvalue weighted by atomic mass is 35.5. The van der Waals surface area contributed by atoms with E-state index in [1.165, 1.54) is 7.11 Å². The summed E-state index contributed by atoms with van der Waals surface area (Å²) in [5.74, 6) is -0.311. The molecular weight excluding hydrogens is 416 g/mol. The van der Waals surface area contributed by atoms with Gasteiger partial charge in [-0.2, -0.15) is 5.10 Å². The first kappa shape index (κ1) is 20.9. The molecule has 0 spiro atoms. The number of aromatic nitrogens is 2. The number of carbonyl (C=O) groups is 2. The van der Waals surface area contributed by atoms with Crippen molar-refractivity contribution >= 4 is 34.8 Å². The number of aryl methyl sites for hydroxylation is 1. The zero-order valence-corrected chi connectivity index (χ0v) is 18.3. The van der Waals surface area contributed by atoms with Crippen molar-refractivity contribution in [2.75, 3.05) is 23.9 Å². The largest absolute Gasteiger partial charge is 0.495 e. The number of rotatable bonds is 5. The number of ether oxygens (including phenoxy) is 1. The van der Waals surface area contributed by atoms with E-state index in [9.17, 15) is 9.59 Å². The van der Waals surface area contributed by atoms with Gasteiger partial charge in [-0.15, -0.1) is 0 Å². The second-order valence-corrected chi connectivity index (χ2v) is 7.94. The van der Waals surface area contributed by atoms with Crippen LogP contribution >= 0.6 is 11.6 Å². The molecule has 7 nitrogen and oxygen atoms in total. The van der Waals surface area contributed by atoms with Gasteiger partial charge in [0.05, 0.1) is 41.5 Å². The van der Waals surface area contributed by atoms with Crippen molar-refractivity contribution in [3.63, 3.8) is 0 Å². The van der Waals surface area contributed by atoms with Gasteiger partial charge in [-0.1, -0.05) is 29.8 Å². The van der Waals surface area contributed by atoms with Crippen molar-refractivity contribution in [2.24, 2.45) is 5.92 Å². The van der Waals surface area contributed by atoms with Crippen molar-refractivity contribution < 1.29 is 14.3 Å². The summed E-state index contributed by atoms with van der Waals surface area (Å²) >= 11 is 6.11. The van der Waals surface area contributed by atoms with Crippen molar-refractivity contribution in [3.8, 4) is 11.4 Å². The molecule has 1 aliphatic rings. The fourth-order valence-corrected chi connectivity index (χ4v) is 4.03. The summed E-state index contributed by atoms with van der Waals surface area (Å²) < 4.78 is 7.16. The number of hydrogen-bond acceptors (Lipinski definition) is 4. The fourth-order valence-electron chi connectivity index (χ4n) is 3.86. The van der Waals surface area contributed by atoms with E-state index in [1.807, 2.05) is 44.2 Å². The predicted octanol–water partition coefficient (Wildman–Crippen LogP) is 4.14. The quantitative estimate of drug-likeness (QED) is 0.649. The Bertz CT molecular complexity index is 1140. The summed E-state index contributed by atoms with van der Waals surface area (Å²) in [5.41, 5.74) is 3.70. The van der Waals surface area contributed by atoms with E-state index < -0.39 is 5.92 Å². The third-order valence-corrected chi connectivity index (χ3v) is 5.70. The van der Waals surface area contributed by atoms with E-state index in [1.54, 1.807) is 27.8 Å². The number of para-hydroxylation sites is 1. The lowest BCUT2D eigenvalue weighted by Crippen LogP contribution is -2.28. The summed E-state index contributed by atoms with van der Waals surface area (Å²) in [7, 11) is 1.54. The summed E-state index contributed by atoms with van der Waals surface area (Å²) in [6.45, 7) is 4.02. The zero-order chi connectivity index (χ0) is 22.1. The molecule has 2 heterocycles. The Morgan fingerprint density at radius 2 is 1.94 bits per heavy atom. The van der Waals surface area contributed by atoms with Crippen molar-refractivity contribution in [2.45, 2.75) is 20.3 Å². The molecule has 2 amide bonds. The molecule has 2 aromatic carbocycles. The highest BCUT2D eigenvalue weighted by Gasteiger charge is 2.37. The number of nitrogens with one attached hydrogen (secondary N) is 1. The van der Waals surface area contributed by atoms with Crippen LogP contribution in [0.1, 0.15) is 17.8 Å². The zero-order valence-electron chi connectivity index (χ0n) is 17.6. The molecule has 3 aromatic rings. The maximum Gasteiger partial charge on any atom is 0.229 e. The van der Waals surface area contributed by atoms with Crippen LogP contribution in [0.15, 0.2) is 48.5 Å². The third kappa shape index (κ3) is 4.01. The fraction of sp³-hybridized carbons (Fsp3) is 0.261. The molecule has 1 saturated heterocycles. The standard InChI is InChI=1S/C23H23ClN4O3/c1-14-22(15(2)28(26-14)18-7-5-4-6-8-18)25-23(30)16-11-21(29)27(13-16)19-12-17(24)9-10-20(19)31-3/h4-10,12,16H,11,13H2,1-3H3,(H,25,30). The van der Waals surface area contributed by atoms with Crippen LogP contribution < -0.4 is 15.0 Å². The summed E-state index contributed by atoms with van der Waals surface area (Å²) in [6, 6.07) is 14.8. The molecule has 1 atom stereocenters. The van der Waals surface area contributed by atoms with Gasteiger partial charge >= 0.3 is 0 Å². The highest BCUT2D eigenvalue weighted by Crippen LogP contribution is 2.35. The Morgan fingerprint density at radius 1 is 1.19 bits per heavy atom. The minimum atomic E-state index is -0.491. The highest BCUT2D eigenvalue weighted by molar-refractivity contribution is 6.31. The number of hydrogen-bond donors (Lipinski definition) is 1. The smallest absolute Gasteiger partial charge is 0.229 e. The number of benzene rings is 2. The van der Waals surface area contributed by atoms with E-state index in [4.69, 9.17) is 16.3 Å². The third-order valence-electron chi connectivity index (χ3n) is 5.47. The molecule has 31 heavy (non-hydrogen) atoms. The molecule has 0 aliphatic carbocycles. The Hall–Kier alpha value is -3.32. The van der Waals surface area contributed by atoms with Crippen LogP contribution in [-0.2, 0) is 9.59 Å². The maximum atomic E-state index is 13.0. The Balaban J connectivity index is 1.54. The monoisotopic (exact) mass is 438 g/mol. The number of halogens is 1. The average molecular weight is 439 g/mol. The maximum absolute atomic E-state index is 13.0. The van der Waals surface area contributed by atoms with E-state index in [0.717, 1.165) is 11.4 Å². The molecular formula is C23H23ClN4O3. The number of anilines is 2. The number of methoxy groups -OCH3 is 1. The van der Waals surface area contributed by atoms with Crippen LogP contribution in [-0.4, -0.2) is 35.2 Å². The van der Waals surface area contributed by atoms with Gasteiger partial charge in [0, 0.05) is 18.0 Å². The first-order valence-corrected chi connectivity index (χ1v) is 10.3. The lowest BCUT2D eigenvalue weighted by atomic mass is 10.1. The van der Waals surface area contributed by atoms with E-state index >= 15 is 0 Å². The Morgan fingerprint density at radius 3 is 2.65 bits per heavy atom. The van der Waals surface area contributed by atoms with Crippen LogP contribution in [0.3, 0.4) is 0 Å². The van der Waals surface area contributed by atoms with Crippen LogP contribution in [0.5, 0.6) is 5.75 Å². The van der Waals surface area contributed by atoms with Crippen LogP contribution in [0.25, 0.3) is 5.69 Å². The van der Waals surface area contributed by atoms with Gasteiger partial charge in [0.2, 0.25) is 11.8 Å². The van der Waals surface area contributed by atoms with Gasteiger partial charge in [-0.25, -0.2) is 4.68 Å². The predicted molar refractivity (Wildman–Crippen MR) is 120 cm³/mol. The minimum absolute atomic E-state index is 0.117. The molecule has 8 heteroatoms. The molecule has 1 aliphatic heterocycles. The summed E-state index contributed by atoms with van der Waals surface area (Å²) in [6.07, 6.45) is 0.117. The molecule has 1 aromatic heterocycles. The molecule has 1 N–H and O–H groups in total. The summed E-state index contributed by atoms with van der Waals surface area (Å²) in [5, 5.41) is 8.04. The lowest BCUT2D eigenvalue weighted by molar-refractivity contribution is -0.122. The average Bonchev–Trinajstić information content (AvgIpc) is 3.29. The molecule has 0 saturated carbocycles. The second-order valence-electron chi connectivity index (χ2n) is 7.50. The lowest BCUT2D eigenvalue weighted by Gasteiger charge is -2.20. The van der Waals surface area contributed by atoms with E-state index in [0.29, 0.717) is 27.8 Å². The molecule has 0 radical (unpaired) electrons. The van der Waals surface area contributed by atoms with Gasteiger partial charge in [0.25, 0.3) is 0 Å². The topological polar surface area (TPSA) is 76.5 Å². The SMILES string of the molecule is COc1ccc(Cl)cc1N1CC(C(=O)Nc2c(C)nn(-c3ccccc3)c2C)CC1=O. The van der Waals surface area contributed by atoms with Gasteiger partial charge in [0.15, 0.2) is 0 Å². The molecule has 4 rings (SSSR count). The van der Waals surface area contributed by atoms with Gasteiger partial charge < -0.3 is 15.0 Å². The van der Waals surface area contributed by atoms with Crippen LogP contribution in [0.2, 0.25) is 5.02 Å². The second kappa shape index (κ2) is 8.43. The molecule has 0 bridgehead atoms. The summed E-state index contributed by atoms with van der Waals surface area (Å²) in [4.78, 5) is 27.3. The normalized spacial score (nSPS) is 15.9. The molecule has 1 fully saturated rings. The van der Waals surface area contributed by atoms with Crippen molar-refractivity contribution in [1.82, 2.24) is 9.78 Å². The van der Waals surface area contributed by atoms with Gasteiger partial charge in [-0.05, 0) is 44.2 Å². The molecule has 160 valence electrons. The Labute approximate surface area is 185 Å². The van der Waals surface area contributed by atoms with Gasteiger partial charge in [0.1, 0.15) is 5.75 Å². The Kier molecular flexibility index (Phi) is 5.69. The van der Waals surface area contributed by atoms with E-state index in [-0.39, 0.29) is 24.8 Å². The number of nitrogens with zero attached hydrogens (tertiary/aromatic N) is 3. The van der Waals surface area contributed by atoms with Crippen LogP contribution in [0.4, 0.5) is 11.4 Å². The first-order valence-electron chi connectivity index (χ1n) is 9.95. The van der Waals surface area contributed by atoms with Crippen LogP contribution in [0, 0.1) is 19.8 Å². The number of carbonyl (C=O) groups excluding carboxylic acids is 2. The first-order chi connectivity index (χ1) is 14.9. The van der Waals surface area contributed by atoms with Crippen molar-refractivity contribution in [1.29, 1.82) is 0 Å². The number of amides is 2. The molecule has 1 unspecified atom stereocenters. The van der Waals surface area contributed by atoms with E-state index in [2.05, 4.69) is 10.4 Å².